The van der Waals surface area contributed by atoms with E-state index in [-0.39, 0.29) is 18.6 Å². The maximum absolute atomic E-state index is 12.7. The maximum Gasteiger partial charge on any atom is 0.390 e. The van der Waals surface area contributed by atoms with Crippen LogP contribution < -0.4 is 4.74 Å². The van der Waals surface area contributed by atoms with Gasteiger partial charge in [-0.3, -0.25) is 4.79 Å². The summed E-state index contributed by atoms with van der Waals surface area (Å²) in [6.45, 7) is 0. The number of hydrogen-bond donors (Lipinski definition) is 1. The fourth-order valence-electron chi connectivity index (χ4n) is 1.51. The maximum atomic E-state index is 12.7. The molecular formula is C11H9FO5. The van der Waals surface area contributed by atoms with Crippen molar-refractivity contribution in [2.24, 2.45) is 0 Å². The highest BCUT2D eigenvalue weighted by molar-refractivity contribution is 5.84. The van der Waals surface area contributed by atoms with E-state index in [2.05, 4.69) is 0 Å². The zero-order chi connectivity index (χ0) is 12.5. The monoisotopic (exact) mass is 240 g/mol. The van der Waals surface area contributed by atoms with Crippen LogP contribution in [0.5, 0.6) is 5.75 Å². The Morgan fingerprint density at radius 1 is 1.41 bits per heavy atom. The molecule has 0 radical (unpaired) electrons. The van der Waals surface area contributed by atoms with Crippen molar-refractivity contribution in [3.05, 3.63) is 30.1 Å². The smallest absolute Gasteiger partial charge is 0.390 e. The first-order valence-electron chi connectivity index (χ1n) is 4.92. The van der Waals surface area contributed by atoms with E-state index < -0.39 is 23.5 Å². The third-order valence-electron chi connectivity index (χ3n) is 2.36. The summed E-state index contributed by atoms with van der Waals surface area (Å²) in [6, 6.07) is 4.79. The van der Waals surface area contributed by atoms with Gasteiger partial charge in [0.1, 0.15) is 11.6 Å². The minimum Gasteiger partial charge on any atom is -0.475 e. The summed E-state index contributed by atoms with van der Waals surface area (Å²) >= 11 is 0. The first-order valence-corrected chi connectivity index (χ1v) is 4.92. The number of esters is 1. The summed E-state index contributed by atoms with van der Waals surface area (Å²) < 4.78 is 22.5. The molecule has 1 atom stereocenters. The van der Waals surface area contributed by atoms with Crippen LogP contribution in [-0.2, 0) is 14.3 Å². The van der Waals surface area contributed by atoms with E-state index in [4.69, 9.17) is 14.6 Å². The molecule has 90 valence electrons. The Balaban J connectivity index is 2.22. The summed E-state index contributed by atoms with van der Waals surface area (Å²) in [7, 11) is 0. The van der Waals surface area contributed by atoms with Crippen molar-refractivity contribution in [3.63, 3.8) is 0 Å². The van der Waals surface area contributed by atoms with E-state index in [9.17, 15) is 14.0 Å². The summed E-state index contributed by atoms with van der Waals surface area (Å²) in [5, 5.41) is 9.02. The third kappa shape index (κ3) is 2.20. The van der Waals surface area contributed by atoms with Gasteiger partial charge < -0.3 is 14.6 Å². The average molecular weight is 240 g/mol. The van der Waals surface area contributed by atoms with Crippen molar-refractivity contribution in [2.75, 3.05) is 0 Å². The van der Waals surface area contributed by atoms with Gasteiger partial charge in [-0.2, -0.15) is 0 Å². The van der Waals surface area contributed by atoms with E-state index in [0.717, 1.165) is 12.1 Å². The van der Waals surface area contributed by atoms with E-state index in [1.54, 1.807) is 0 Å². The Morgan fingerprint density at radius 2 is 2.06 bits per heavy atom. The Kier molecular flexibility index (Phi) is 2.71. The van der Waals surface area contributed by atoms with Crippen LogP contribution in [0.3, 0.4) is 0 Å². The van der Waals surface area contributed by atoms with Crippen LogP contribution in [0.2, 0.25) is 0 Å². The highest BCUT2D eigenvalue weighted by Crippen LogP contribution is 2.30. The van der Waals surface area contributed by atoms with Gasteiger partial charge in [-0.25, -0.2) is 9.18 Å². The first kappa shape index (κ1) is 11.4. The predicted octanol–water partition coefficient (Wildman–Crippen LogP) is 1.32. The first-order chi connectivity index (χ1) is 8.02. The highest BCUT2D eigenvalue weighted by atomic mass is 19.1. The number of carboxylic acids is 1. The minimum atomic E-state index is -1.99. The topological polar surface area (TPSA) is 72.8 Å². The van der Waals surface area contributed by atoms with E-state index in [0.29, 0.717) is 0 Å². The number of hydrogen-bond acceptors (Lipinski definition) is 4. The third-order valence-corrected chi connectivity index (χ3v) is 2.36. The number of carboxylic acid groups (broad SMARTS) is 1. The number of aliphatic carboxylic acids is 1. The van der Waals surface area contributed by atoms with E-state index in [1.807, 2.05) is 0 Å². The van der Waals surface area contributed by atoms with Crippen LogP contribution in [0.25, 0.3) is 0 Å². The molecule has 17 heavy (non-hydrogen) atoms. The zero-order valence-corrected chi connectivity index (χ0v) is 8.68. The summed E-state index contributed by atoms with van der Waals surface area (Å²) in [5.41, 5.74) is 0. The molecule has 0 aliphatic carbocycles. The molecule has 1 saturated heterocycles. The van der Waals surface area contributed by atoms with E-state index in [1.165, 1.54) is 12.1 Å². The fraction of sp³-hybridized carbons (Fsp3) is 0.273. The number of carbonyl (C=O) groups excluding carboxylic acids is 1. The largest absolute Gasteiger partial charge is 0.475 e. The van der Waals surface area contributed by atoms with Crippen molar-refractivity contribution in [1.29, 1.82) is 0 Å². The molecular weight excluding hydrogens is 231 g/mol. The molecule has 1 aliphatic heterocycles. The van der Waals surface area contributed by atoms with Gasteiger partial charge in [-0.1, -0.05) is 0 Å². The van der Waals surface area contributed by atoms with Crippen molar-refractivity contribution < 1.29 is 28.6 Å². The normalized spacial score (nSPS) is 23.2. The molecule has 1 unspecified atom stereocenters. The van der Waals surface area contributed by atoms with E-state index >= 15 is 0 Å². The van der Waals surface area contributed by atoms with Gasteiger partial charge in [-0.15, -0.1) is 0 Å². The second-order valence-corrected chi connectivity index (χ2v) is 3.59. The fourth-order valence-corrected chi connectivity index (χ4v) is 1.51. The van der Waals surface area contributed by atoms with Gasteiger partial charge in [0, 0.05) is 6.42 Å². The van der Waals surface area contributed by atoms with Crippen LogP contribution in [-0.4, -0.2) is 22.8 Å². The molecule has 0 saturated carbocycles. The standard InChI is InChI=1S/C11H9FO5/c12-7-1-3-8(4-2-7)16-11(10(14)15)6-5-9(13)17-11/h1-4H,5-6H2,(H,14,15). The molecule has 0 amide bonds. The molecule has 2 rings (SSSR count). The Labute approximate surface area is 95.8 Å². The molecule has 0 bridgehead atoms. The van der Waals surface area contributed by atoms with Gasteiger partial charge in [0.25, 0.3) is 0 Å². The molecule has 0 spiro atoms. The molecule has 1 heterocycles. The highest BCUT2D eigenvalue weighted by Gasteiger charge is 2.50. The van der Waals surface area contributed by atoms with Gasteiger partial charge in [0.05, 0.1) is 6.42 Å². The van der Waals surface area contributed by atoms with Gasteiger partial charge in [0.2, 0.25) is 0 Å². The minimum absolute atomic E-state index is 0.0203. The zero-order valence-electron chi connectivity index (χ0n) is 8.68. The number of carbonyl (C=O) groups is 2. The molecule has 0 aromatic heterocycles. The average Bonchev–Trinajstić information content (AvgIpc) is 2.65. The number of benzene rings is 1. The molecule has 5 nitrogen and oxygen atoms in total. The van der Waals surface area contributed by atoms with Crippen LogP contribution in [0.1, 0.15) is 12.8 Å². The molecule has 1 N–H and O–H groups in total. The summed E-state index contributed by atoms with van der Waals surface area (Å²) in [5.74, 6) is -4.34. The molecule has 1 aromatic carbocycles. The van der Waals surface area contributed by atoms with Crippen molar-refractivity contribution in [2.45, 2.75) is 18.6 Å². The number of ether oxygens (including phenoxy) is 2. The van der Waals surface area contributed by atoms with Gasteiger partial charge in [-0.05, 0) is 24.3 Å². The second-order valence-electron chi connectivity index (χ2n) is 3.59. The van der Waals surface area contributed by atoms with Crippen molar-refractivity contribution in [1.82, 2.24) is 0 Å². The van der Waals surface area contributed by atoms with Gasteiger partial charge >= 0.3 is 17.7 Å². The molecule has 1 aliphatic rings. The Morgan fingerprint density at radius 3 is 2.53 bits per heavy atom. The lowest BCUT2D eigenvalue weighted by Crippen LogP contribution is -2.44. The lowest BCUT2D eigenvalue weighted by molar-refractivity contribution is -0.201. The number of halogens is 1. The van der Waals surface area contributed by atoms with Crippen LogP contribution in [0.4, 0.5) is 4.39 Å². The Hall–Kier alpha value is -2.11. The predicted molar refractivity (Wildman–Crippen MR) is 52.7 cm³/mol. The van der Waals surface area contributed by atoms with Crippen molar-refractivity contribution >= 4 is 11.9 Å². The van der Waals surface area contributed by atoms with Gasteiger partial charge in [0.15, 0.2) is 0 Å². The lowest BCUT2D eigenvalue weighted by atomic mass is 10.2. The van der Waals surface area contributed by atoms with Crippen LogP contribution >= 0.6 is 0 Å². The van der Waals surface area contributed by atoms with Crippen LogP contribution in [0.15, 0.2) is 24.3 Å². The molecule has 6 heteroatoms. The number of cyclic esters (lactones) is 1. The SMILES string of the molecule is O=C1CCC(Oc2ccc(F)cc2)(C(=O)O)O1. The Bertz CT molecular complexity index is 455. The number of rotatable bonds is 3. The lowest BCUT2D eigenvalue weighted by Gasteiger charge is -2.23. The van der Waals surface area contributed by atoms with Crippen LogP contribution in [0, 0.1) is 5.82 Å². The molecule has 1 aromatic rings. The quantitative estimate of drug-likeness (QED) is 0.806. The van der Waals surface area contributed by atoms with Crippen molar-refractivity contribution in [3.8, 4) is 5.75 Å². The summed E-state index contributed by atoms with van der Waals surface area (Å²) in [6.07, 6.45) is -0.0912. The summed E-state index contributed by atoms with van der Waals surface area (Å²) in [4.78, 5) is 22.0. The second kappa shape index (κ2) is 4.04. The molecule has 1 fully saturated rings.